The number of ketones is 2. The lowest BCUT2D eigenvalue weighted by Crippen LogP contribution is -2.37. The van der Waals surface area contributed by atoms with Crippen LogP contribution in [0.1, 0.15) is 30.7 Å². The normalized spacial score (nSPS) is 18.8. The molecule has 0 radical (unpaired) electrons. The van der Waals surface area contributed by atoms with Gasteiger partial charge in [0.05, 0.1) is 5.57 Å². The third kappa shape index (κ3) is 4.95. The summed E-state index contributed by atoms with van der Waals surface area (Å²) >= 11 is 1.57. The van der Waals surface area contributed by atoms with Crippen molar-refractivity contribution in [3.05, 3.63) is 47.7 Å². The van der Waals surface area contributed by atoms with Crippen molar-refractivity contribution in [2.75, 3.05) is 19.1 Å². The minimum absolute atomic E-state index is 0.101. The van der Waals surface area contributed by atoms with E-state index >= 15 is 0 Å². The zero-order chi connectivity index (χ0) is 18.4. The van der Waals surface area contributed by atoms with E-state index in [1.165, 1.54) is 11.1 Å². The molecule has 1 atom stereocenters. The van der Waals surface area contributed by atoms with Gasteiger partial charge in [0.1, 0.15) is 6.04 Å². The maximum atomic E-state index is 12.5. The van der Waals surface area contributed by atoms with Crippen LogP contribution in [0, 0.1) is 0 Å². The van der Waals surface area contributed by atoms with Gasteiger partial charge in [-0.05, 0) is 29.9 Å². The van der Waals surface area contributed by atoms with Gasteiger partial charge >= 0.3 is 5.97 Å². The number of benzene rings is 1. The molecule has 1 aliphatic rings. The van der Waals surface area contributed by atoms with E-state index in [4.69, 9.17) is 0 Å². The molecular formula is C19H23NO4S. The van der Waals surface area contributed by atoms with Crippen molar-refractivity contribution in [3.8, 4) is 0 Å². The first kappa shape index (κ1) is 19.2. The molecule has 0 aliphatic heterocycles. The fraction of sp³-hybridized carbons (Fsp3) is 0.421. The molecule has 1 unspecified atom stereocenters. The molecule has 5 nitrogen and oxygen atoms in total. The fourth-order valence-corrected chi connectivity index (χ4v) is 3.48. The van der Waals surface area contributed by atoms with Crippen molar-refractivity contribution in [1.82, 2.24) is 4.90 Å². The Morgan fingerprint density at radius 2 is 1.88 bits per heavy atom. The van der Waals surface area contributed by atoms with Gasteiger partial charge in [0.15, 0.2) is 11.6 Å². The summed E-state index contributed by atoms with van der Waals surface area (Å²) in [5.74, 6) is -0.791. The van der Waals surface area contributed by atoms with Gasteiger partial charge in [0, 0.05) is 26.1 Å². The number of thioether (sulfide) groups is 1. The molecule has 2 rings (SSSR count). The molecule has 1 fully saturated rings. The summed E-state index contributed by atoms with van der Waals surface area (Å²) in [6, 6.07) is 8.80. The van der Waals surface area contributed by atoms with Crippen LogP contribution in [0.15, 0.2) is 42.1 Å². The van der Waals surface area contributed by atoms with E-state index in [9.17, 15) is 19.5 Å². The Balaban J connectivity index is 2.14. The summed E-state index contributed by atoms with van der Waals surface area (Å²) in [7, 11) is 1.61. The predicted octanol–water partition coefficient (Wildman–Crippen LogP) is 2.72. The van der Waals surface area contributed by atoms with Crippen LogP contribution in [-0.4, -0.2) is 52.6 Å². The monoisotopic (exact) mass is 361 g/mol. The van der Waals surface area contributed by atoms with Crippen molar-refractivity contribution in [1.29, 1.82) is 0 Å². The molecule has 0 bridgehead atoms. The highest BCUT2D eigenvalue weighted by Crippen LogP contribution is 2.31. The molecule has 0 heterocycles. The molecule has 1 aromatic carbocycles. The Morgan fingerprint density at radius 3 is 2.40 bits per heavy atom. The van der Waals surface area contributed by atoms with E-state index < -0.39 is 12.0 Å². The molecule has 134 valence electrons. The predicted molar refractivity (Wildman–Crippen MR) is 98.7 cm³/mol. The number of carboxylic acids is 1. The number of hydrogen-bond acceptors (Lipinski definition) is 5. The zero-order valence-electron chi connectivity index (χ0n) is 14.5. The molecule has 1 aromatic rings. The van der Waals surface area contributed by atoms with Crippen LogP contribution < -0.4 is 0 Å². The molecule has 6 heteroatoms. The third-order valence-electron chi connectivity index (χ3n) is 4.44. The number of allylic oxidation sites excluding steroid dienone is 1. The molecule has 0 saturated heterocycles. The lowest BCUT2D eigenvalue weighted by Gasteiger charge is -2.27. The number of carbonyl (C=O) groups excluding carboxylic acids is 2. The second kappa shape index (κ2) is 8.85. The number of carboxylic acid groups (broad SMARTS) is 1. The van der Waals surface area contributed by atoms with Gasteiger partial charge in [0.25, 0.3) is 0 Å². The molecular weight excluding hydrogens is 338 g/mol. The van der Waals surface area contributed by atoms with Gasteiger partial charge in [-0.1, -0.05) is 30.3 Å². The smallest absolute Gasteiger partial charge is 0.326 e. The van der Waals surface area contributed by atoms with Crippen LogP contribution in [0.4, 0.5) is 0 Å². The Hall–Kier alpha value is -2.08. The van der Waals surface area contributed by atoms with E-state index in [0.29, 0.717) is 12.2 Å². The minimum Gasteiger partial charge on any atom is -0.480 e. The Kier molecular flexibility index (Phi) is 6.82. The van der Waals surface area contributed by atoms with Crippen molar-refractivity contribution >= 4 is 29.3 Å². The summed E-state index contributed by atoms with van der Waals surface area (Å²) in [6.45, 7) is 0. The van der Waals surface area contributed by atoms with E-state index in [2.05, 4.69) is 0 Å². The highest BCUT2D eigenvalue weighted by Gasteiger charge is 2.32. The van der Waals surface area contributed by atoms with Crippen molar-refractivity contribution in [2.45, 2.75) is 31.2 Å². The van der Waals surface area contributed by atoms with Crippen molar-refractivity contribution in [2.24, 2.45) is 0 Å². The van der Waals surface area contributed by atoms with Gasteiger partial charge < -0.3 is 10.0 Å². The van der Waals surface area contributed by atoms with Crippen LogP contribution in [0.5, 0.6) is 0 Å². The number of aliphatic carboxylic acids is 1. The van der Waals surface area contributed by atoms with Crippen LogP contribution in [0.25, 0.3) is 0 Å². The van der Waals surface area contributed by atoms with E-state index in [-0.39, 0.29) is 35.9 Å². The maximum Gasteiger partial charge on any atom is 0.326 e. The molecule has 1 aliphatic carbocycles. The van der Waals surface area contributed by atoms with Crippen LogP contribution in [0.3, 0.4) is 0 Å². The summed E-state index contributed by atoms with van der Waals surface area (Å²) in [5.41, 5.74) is 1.10. The van der Waals surface area contributed by atoms with Gasteiger partial charge in [-0.2, -0.15) is 11.8 Å². The number of nitrogens with zero attached hydrogens (tertiary/aromatic N) is 1. The standard InChI is InChI=1S/C19H23NO4S/c1-20(16(19(23)24)8-9-25-2)12-15-17(21)10-14(11-18(15)22)13-6-4-3-5-7-13/h3-7,12,14,16H,8-11H2,1-2H3,(H,23,24). The zero-order valence-corrected chi connectivity index (χ0v) is 15.3. The summed E-state index contributed by atoms with van der Waals surface area (Å²) in [5, 5.41) is 9.37. The number of rotatable bonds is 7. The summed E-state index contributed by atoms with van der Waals surface area (Å²) in [6.07, 6.45) is 4.34. The Bertz CT molecular complexity index is 651. The topological polar surface area (TPSA) is 74.7 Å². The molecule has 0 spiro atoms. The van der Waals surface area contributed by atoms with E-state index in [1.54, 1.807) is 18.8 Å². The SMILES string of the molecule is CSCCC(C(=O)O)N(C)C=C1C(=O)CC(c2ccccc2)CC1=O. The molecule has 0 amide bonds. The second-order valence-corrected chi connectivity index (χ2v) is 7.19. The van der Waals surface area contributed by atoms with Gasteiger partial charge in [-0.15, -0.1) is 0 Å². The fourth-order valence-electron chi connectivity index (χ4n) is 3.02. The first-order valence-corrected chi connectivity index (χ1v) is 9.60. The summed E-state index contributed by atoms with van der Waals surface area (Å²) in [4.78, 5) is 37.8. The molecule has 25 heavy (non-hydrogen) atoms. The first-order valence-electron chi connectivity index (χ1n) is 8.21. The van der Waals surface area contributed by atoms with Crippen LogP contribution in [0.2, 0.25) is 0 Å². The lowest BCUT2D eigenvalue weighted by atomic mass is 9.80. The van der Waals surface area contributed by atoms with Gasteiger partial charge in [0.2, 0.25) is 0 Å². The minimum atomic E-state index is -0.953. The van der Waals surface area contributed by atoms with E-state index in [0.717, 1.165) is 5.56 Å². The van der Waals surface area contributed by atoms with Gasteiger partial charge in [-0.25, -0.2) is 4.79 Å². The average molecular weight is 361 g/mol. The summed E-state index contributed by atoms with van der Waals surface area (Å²) < 4.78 is 0. The Morgan fingerprint density at radius 1 is 1.28 bits per heavy atom. The van der Waals surface area contributed by atoms with E-state index in [1.807, 2.05) is 36.6 Å². The molecule has 1 N–H and O–H groups in total. The first-order chi connectivity index (χ1) is 11.9. The number of likely N-dealkylation sites (N-methyl/N-ethyl adjacent to an activating group) is 1. The highest BCUT2D eigenvalue weighted by molar-refractivity contribution is 7.98. The molecule has 0 aromatic heterocycles. The largest absolute Gasteiger partial charge is 0.480 e. The highest BCUT2D eigenvalue weighted by atomic mass is 32.2. The molecule has 1 saturated carbocycles. The number of Topliss-reactive ketones (excluding diaryl/α,β-unsaturated/α-hetero) is 2. The van der Waals surface area contributed by atoms with Crippen molar-refractivity contribution < 1.29 is 19.5 Å². The second-order valence-electron chi connectivity index (χ2n) is 6.21. The van der Waals surface area contributed by atoms with Crippen LogP contribution in [-0.2, 0) is 14.4 Å². The Labute approximate surface area is 152 Å². The number of hydrogen-bond donors (Lipinski definition) is 1. The lowest BCUT2D eigenvalue weighted by molar-refractivity contribution is -0.142. The quantitative estimate of drug-likeness (QED) is 0.594. The third-order valence-corrected chi connectivity index (χ3v) is 5.08. The maximum absolute atomic E-state index is 12.5. The van der Waals surface area contributed by atoms with Gasteiger partial charge in [-0.3, -0.25) is 9.59 Å². The average Bonchev–Trinajstić information content (AvgIpc) is 2.58. The number of carbonyl (C=O) groups is 3. The van der Waals surface area contributed by atoms with Crippen LogP contribution >= 0.6 is 11.8 Å². The van der Waals surface area contributed by atoms with Crippen molar-refractivity contribution in [3.63, 3.8) is 0 Å².